The Bertz CT molecular complexity index is 684. The Morgan fingerprint density at radius 1 is 1.05 bits per heavy atom. The summed E-state index contributed by atoms with van der Waals surface area (Å²) in [4.78, 5) is 22.6. The molecule has 0 unspecified atom stereocenters. The minimum absolute atomic E-state index is 0.0907. The van der Waals surface area contributed by atoms with Gasteiger partial charge in [0.15, 0.2) is 12.4 Å². The molecule has 108 valence electrons. The van der Waals surface area contributed by atoms with Gasteiger partial charge in [-0.3, -0.25) is 9.59 Å². The van der Waals surface area contributed by atoms with E-state index < -0.39 is 17.5 Å². The number of halogens is 2. The van der Waals surface area contributed by atoms with E-state index in [2.05, 4.69) is 0 Å². The number of ether oxygens (including phenoxy) is 1. The van der Waals surface area contributed by atoms with Gasteiger partial charge in [0.2, 0.25) is 0 Å². The molecular formula is C15H11F2NO3. The molecule has 2 rings (SSSR count). The molecule has 2 aromatic carbocycles. The van der Waals surface area contributed by atoms with E-state index >= 15 is 0 Å². The van der Waals surface area contributed by atoms with Crippen LogP contribution in [0.3, 0.4) is 0 Å². The fourth-order valence-corrected chi connectivity index (χ4v) is 1.65. The van der Waals surface area contributed by atoms with Crippen LogP contribution in [0.4, 0.5) is 8.78 Å². The average molecular weight is 291 g/mol. The molecule has 21 heavy (non-hydrogen) atoms. The largest absolute Gasteiger partial charge is 0.485 e. The van der Waals surface area contributed by atoms with Crippen molar-refractivity contribution >= 4 is 11.7 Å². The summed E-state index contributed by atoms with van der Waals surface area (Å²) in [6.07, 6.45) is 0. The zero-order valence-corrected chi connectivity index (χ0v) is 10.8. The third kappa shape index (κ3) is 3.62. The third-order valence-corrected chi connectivity index (χ3v) is 2.74. The van der Waals surface area contributed by atoms with Crippen LogP contribution in [0, 0.1) is 11.6 Å². The average Bonchev–Trinajstić information content (AvgIpc) is 2.45. The lowest BCUT2D eigenvalue weighted by Crippen LogP contribution is -2.14. The molecule has 4 nitrogen and oxygen atoms in total. The summed E-state index contributed by atoms with van der Waals surface area (Å²) < 4.78 is 31.3. The van der Waals surface area contributed by atoms with Gasteiger partial charge in [0, 0.05) is 11.6 Å². The van der Waals surface area contributed by atoms with Gasteiger partial charge in [-0.05, 0) is 36.4 Å². The van der Waals surface area contributed by atoms with Gasteiger partial charge in [-0.1, -0.05) is 0 Å². The number of carbonyl (C=O) groups is 2. The molecule has 0 heterocycles. The maximum Gasteiger partial charge on any atom is 0.251 e. The Balaban J connectivity index is 2.03. The maximum atomic E-state index is 13.5. The second-order valence-corrected chi connectivity index (χ2v) is 4.22. The van der Waals surface area contributed by atoms with E-state index in [1.165, 1.54) is 24.3 Å². The standard InChI is InChI=1S/C15H11F2NO3/c16-10-3-1-9(2-4-10)14(19)8-21-11-5-6-12(15(18)20)13(17)7-11/h1-7H,8H2,(H2,18,20). The monoisotopic (exact) mass is 291 g/mol. The van der Waals surface area contributed by atoms with E-state index in [1.54, 1.807) is 0 Å². The SMILES string of the molecule is NC(=O)c1ccc(OCC(=O)c2ccc(F)cc2)cc1F. The van der Waals surface area contributed by atoms with Gasteiger partial charge in [0.1, 0.15) is 17.4 Å². The van der Waals surface area contributed by atoms with Crippen LogP contribution >= 0.6 is 0 Å². The third-order valence-electron chi connectivity index (χ3n) is 2.74. The number of hydrogen-bond acceptors (Lipinski definition) is 3. The van der Waals surface area contributed by atoms with E-state index in [4.69, 9.17) is 10.5 Å². The normalized spacial score (nSPS) is 10.2. The number of rotatable bonds is 5. The molecule has 2 aromatic rings. The van der Waals surface area contributed by atoms with Crippen LogP contribution in [0.25, 0.3) is 0 Å². The second kappa shape index (κ2) is 6.13. The van der Waals surface area contributed by atoms with Crippen LogP contribution < -0.4 is 10.5 Å². The Labute approximate surface area is 119 Å². The number of amides is 1. The zero-order valence-electron chi connectivity index (χ0n) is 10.8. The Kier molecular flexibility index (Phi) is 4.27. The predicted octanol–water partition coefficient (Wildman–Crippen LogP) is 2.33. The van der Waals surface area contributed by atoms with E-state index in [1.807, 2.05) is 0 Å². The number of carbonyl (C=O) groups excluding carboxylic acids is 2. The van der Waals surface area contributed by atoms with Crippen molar-refractivity contribution in [1.29, 1.82) is 0 Å². The zero-order chi connectivity index (χ0) is 15.4. The fraction of sp³-hybridized carbons (Fsp3) is 0.0667. The molecule has 0 saturated heterocycles. The Morgan fingerprint density at radius 2 is 1.71 bits per heavy atom. The molecule has 0 aromatic heterocycles. The highest BCUT2D eigenvalue weighted by Crippen LogP contribution is 2.16. The summed E-state index contributed by atoms with van der Waals surface area (Å²) in [7, 11) is 0. The van der Waals surface area contributed by atoms with Crippen molar-refractivity contribution in [3.05, 3.63) is 65.2 Å². The summed E-state index contributed by atoms with van der Waals surface area (Å²) >= 11 is 0. The molecule has 0 aliphatic heterocycles. The molecule has 2 N–H and O–H groups in total. The van der Waals surface area contributed by atoms with Crippen LogP contribution in [0.1, 0.15) is 20.7 Å². The first-order chi connectivity index (χ1) is 9.97. The summed E-state index contributed by atoms with van der Waals surface area (Å²) in [5.74, 6) is -2.45. The molecule has 0 aliphatic rings. The van der Waals surface area contributed by atoms with Crippen LogP contribution in [0.2, 0.25) is 0 Å². The number of primary amides is 1. The highest BCUT2D eigenvalue weighted by molar-refractivity contribution is 5.97. The first-order valence-corrected chi connectivity index (χ1v) is 5.98. The van der Waals surface area contributed by atoms with Crippen molar-refractivity contribution in [3.8, 4) is 5.75 Å². The van der Waals surface area contributed by atoms with Gasteiger partial charge < -0.3 is 10.5 Å². The summed E-state index contributed by atoms with van der Waals surface area (Å²) in [5.41, 5.74) is 5.00. The van der Waals surface area contributed by atoms with E-state index in [0.29, 0.717) is 0 Å². The molecule has 0 fully saturated rings. The Morgan fingerprint density at radius 3 is 2.29 bits per heavy atom. The lowest BCUT2D eigenvalue weighted by molar-refractivity contribution is 0.0919. The number of nitrogens with two attached hydrogens (primary N) is 1. The molecule has 1 amide bonds. The van der Waals surface area contributed by atoms with Crippen molar-refractivity contribution in [2.75, 3.05) is 6.61 Å². The van der Waals surface area contributed by atoms with Crippen LogP contribution in [0.15, 0.2) is 42.5 Å². The predicted molar refractivity (Wildman–Crippen MR) is 71.1 cm³/mol. The molecule has 0 aliphatic carbocycles. The summed E-state index contributed by atoms with van der Waals surface area (Å²) in [5, 5.41) is 0. The minimum atomic E-state index is -0.888. The van der Waals surface area contributed by atoms with Crippen LogP contribution in [0.5, 0.6) is 5.75 Å². The first kappa shape index (κ1) is 14.6. The molecule has 0 saturated carbocycles. The first-order valence-electron chi connectivity index (χ1n) is 5.98. The molecule has 0 spiro atoms. The van der Waals surface area contributed by atoms with Gasteiger partial charge in [0.05, 0.1) is 5.56 Å². The van der Waals surface area contributed by atoms with Crippen molar-refractivity contribution in [1.82, 2.24) is 0 Å². The van der Waals surface area contributed by atoms with E-state index in [9.17, 15) is 18.4 Å². The van der Waals surface area contributed by atoms with Crippen molar-refractivity contribution < 1.29 is 23.1 Å². The van der Waals surface area contributed by atoms with Crippen molar-refractivity contribution in [3.63, 3.8) is 0 Å². The van der Waals surface area contributed by atoms with E-state index in [0.717, 1.165) is 18.2 Å². The van der Waals surface area contributed by atoms with Gasteiger partial charge in [-0.2, -0.15) is 0 Å². The van der Waals surface area contributed by atoms with Gasteiger partial charge in [-0.15, -0.1) is 0 Å². The highest BCUT2D eigenvalue weighted by atomic mass is 19.1. The summed E-state index contributed by atoms with van der Waals surface area (Å²) in [6, 6.07) is 8.47. The molecule has 0 atom stereocenters. The van der Waals surface area contributed by atoms with Gasteiger partial charge in [0.25, 0.3) is 5.91 Å². The Hall–Kier alpha value is -2.76. The number of benzene rings is 2. The molecule has 0 bridgehead atoms. The summed E-state index contributed by atoms with van der Waals surface area (Å²) in [6.45, 7) is -0.332. The molecule has 6 heteroatoms. The van der Waals surface area contributed by atoms with Crippen molar-refractivity contribution in [2.24, 2.45) is 5.73 Å². The fourth-order valence-electron chi connectivity index (χ4n) is 1.65. The van der Waals surface area contributed by atoms with Gasteiger partial charge >= 0.3 is 0 Å². The van der Waals surface area contributed by atoms with E-state index in [-0.39, 0.29) is 29.3 Å². The number of ketones is 1. The maximum absolute atomic E-state index is 13.5. The van der Waals surface area contributed by atoms with Crippen molar-refractivity contribution in [2.45, 2.75) is 0 Å². The minimum Gasteiger partial charge on any atom is -0.485 e. The van der Waals surface area contributed by atoms with Crippen LogP contribution in [-0.4, -0.2) is 18.3 Å². The highest BCUT2D eigenvalue weighted by Gasteiger charge is 2.11. The lowest BCUT2D eigenvalue weighted by atomic mass is 10.1. The number of hydrogen-bond donors (Lipinski definition) is 1. The smallest absolute Gasteiger partial charge is 0.251 e. The second-order valence-electron chi connectivity index (χ2n) is 4.22. The quantitative estimate of drug-likeness (QED) is 0.859. The van der Waals surface area contributed by atoms with Gasteiger partial charge in [-0.25, -0.2) is 8.78 Å². The number of Topliss-reactive ketones (excluding diaryl/α,β-unsaturated/α-hetero) is 1. The molecular weight excluding hydrogens is 280 g/mol. The molecule has 0 radical (unpaired) electrons. The lowest BCUT2D eigenvalue weighted by Gasteiger charge is -2.07. The topological polar surface area (TPSA) is 69.4 Å². The van der Waals surface area contributed by atoms with Crippen LogP contribution in [-0.2, 0) is 0 Å².